The molecule has 0 aromatic rings. The highest BCUT2D eigenvalue weighted by atomic mass is 16.3. The largest absolute Gasteiger partial charge is 0.394 e. The summed E-state index contributed by atoms with van der Waals surface area (Å²) in [4.78, 5) is 0. The van der Waals surface area contributed by atoms with E-state index in [1.165, 1.54) is 0 Å². The van der Waals surface area contributed by atoms with Gasteiger partial charge in [0, 0.05) is 6.10 Å². The highest BCUT2D eigenvalue weighted by molar-refractivity contribution is 4.51. The molecule has 0 amide bonds. The molecule has 0 fully saturated rings. The number of allylic oxidation sites excluding steroid dienone is 1. The molecule has 0 atom stereocenters. The highest BCUT2D eigenvalue weighted by Crippen LogP contribution is 1.65. The maximum atomic E-state index is 8.06. The van der Waals surface area contributed by atoms with Crippen molar-refractivity contribution in [2.45, 2.75) is 26.9 Å². The Morgan fingerprint density at radius 1 is 1.33 bits per heavy atom. The first-order valence-corrected chi connectivity index (χ1v) is 2.90. The topological polar surface area (TPSA) is 20.2 Å². The first-order chi connectivity index (χ1) is 4.15. The lowest BCUT2D eigenvalue weighted by atomic mass is 10.5. The van der Waals surface area contributed by atoms with Gasteiger partial charge in [-0.25, -0.2) is 0 Å². The van der Waals surface area contributed by atoms with Crippen LogP contribution in [0.4, 0.5) is 0 Å². The monoisotopic (exact) mass is 130 g/mol. The Bertz CT molecular complexity index is 37.1. The first-order valence-electron chi connectivity index (χ1n) is 2.90. The molecule has 0 aliphatic rings. The van der Waals surface area contributed by atoms with Gasteiger partial charge in [0.25, 0.3) is 0 Å². The second-order valence-corrected chi connectivity index (χ2v) is 1.50. The van der Waals surface area contributed by atoms with Gasteiger partial charge in [0.05, 0.1) is 0 Å². The molecule has 0 aliphatic heterocycles. The smallest absolute Gasteiger partial charge is 0.0483 e. The van der Waals surface area contributed by atoms with E-state index >= 15 is 0 Å². The molecule has 56 valence electrons. The predicted octanol–water partition coefficient (Wildman–Crippen LogP) is 2.38. The number of hydrogen-bond donors (Lipinski definition) is 1. The molecule has 0 bridgehead atoms. The zero-order valence-corrected chi connectivity index (χ0v) is 6.72. The Balaban J connectivity index is -0.0000000646. The van der Waals surface area contributed by atoms with Gasteiger partial charge in [-0.15, -0.1) is 19.7 Å². The van der Waals surface area contributed by atoms with Crippen LogP contribution in [-0.4, -0.2) is 11.2 Å². The summed E-state index contributed by atoms with van der Waals surface area (Å²) in [6.07, 6.45) is 1.58. The maximum Gasteiger partial charge on any atom is 0.0483 e. The molecule has 0 spiro atoms. The van der Waals surface area contributed by atoms with Crippen LogP contribution in [0.3, 0.4) is 0 Å². The fourth-order valence-corrected chi connectivity index (χ4v) is 0. The predicted molar refractivity (Wildman–Crippen MR) is 44.5 cm³/mol. The lowest BCUT2D eigenvalue weighted by molar-refractivity contribution is 0.216. The van der Waals surface area contributed by atoms with Crippen LogP contribution in [0, 0.1) is 0 Å². The number of rotatable bonds is 0. The van der Waals surface area contributed by atoms with Crippen LogP contribution >= 0.6 is 0 Å². The molecular formula is C8H18O. The van der Waals surface area contributed by atoms with E-state index in [1.807, 2.05) is 6.92 Å². The van der Waals surface area contributed by atoms with Crippen molar-refractivity contribution in [1.82, 2.24) is 0 Å². The minimum atomic E-state index is -0.167. The average Bonchev–Trinajstić information content (AvgIpc) is 1.71. The fraction of sp³-hybridized carbons (Fsp3) is 0.500. The van der Waals surface area contributed by atoms with Crippen molar-refractivity contribution in [3.05, 3.63) is 25.8 Å². The molecule has 0 heterocycles. The third-order valence-electron chi connectivity index (χ3n) is 0. The zero-order chi connectivity index (χ0) is 8.28. The molecule has 0 radical (unpaired) electrons. The number of hydrogen-bond acceptors (Lipinski definition) is 1. The van der Waals surface area contributed by atoms with Gasteiger partial charge in [-0.3, -0.25) is 0 Å². The van der Waals surface area contributed by atoms with Crippen molar-refractivity contribution >= 4 is 0 Å². The summed E-state index contributed by atoms with van der Waals surface area (Å²) in [6.45, 7) is 14.7. The van der Waals surface area contributed by atoms with E-state index in [4.69, 9.17) is 5.11 Å². The highest BCUT2D eigenvalue weighted by Gasteiger charge is 1.69. The standard InChI is InChI=1S/C3H8O.C3H6.C2H4/c1-3(2)4;1-3-2;1-2/h3-4H,1-2H3;3H,1H2,2H3;1-2H2. The van der Waals surface area contributed by atoms with E-state index < -0.39 is 0 Å². The molecule has 0 aromatic heterocycles. The summed E-state index contributed by atoms with van der Waals surface area (Å²) in [5.74, 6) is 0. The average molecular weight is 130 g/mol. The van der Waals surface area contributed by atoms with E-state index in [0.29, 0.717) is 0 Å². The van der Waals surface area contributed by atoms with Gasteiger partial charge >= 0.3 is 0 Å². The van der Waals surface area contributed by atoms with Crippen LogP contribution in [0.5, 0.6) is 0 Å². The summed E-state index contributed by atoms with van der Waals surface area (Å²) in [6, 6.07) is 0. The molecule has 1 N–H and O–H groups in total. The molecular weight excluding hydrogens is 112 g/mol. The Hall–Kier alpha value is -0.560. The van der Waals surface area contributed by atoms with Crippen molar-refractivity contribution in [2.24, 2.45) is 0 Å². The maximum absolute atomic E-state index is 8.06. The lowest BCUT2D eigenvalue weighted by Gasteiger charge is -1.80. The van der Waals surface area contributed by atoms with Gasteiger partial charge in [0.15, 0.2) is 0 Å². The lowest BCUT2D eigenvalue weighted by Crippen LogP contribution is -1.85. The molecule has 1 heteroatoms. The molecule has 0 saturated carbocycles. The van der Waals surface area contributed by atoms with Crippen LogP contribution in [0.2, 0.25) is 0 Å². The van der Waals surface area contributed by atoms with Crippen molar-refractivity contribution in [3.8, 4) is 0 Å². The quantitative estimate of drug-likeness (QED) is 0.499. The van der Waals surface area contributed by atoms with E-state index in [2.05, 4.69) is 19.7 Å². The second kappa shape index (κ2) is 26.1. The van der Waals surface area contributed by atoms with Crippen LogP contribution in [0.1, 0.15) is 20.8 Å². The molecule has 0 aromatic carbocycles. The van der Waals surface area contributed by atoms with Crippen molar-refractivity contribution in [2.75, 3.05) is 0 Å². The van der Waals surface area contributed by atoms with Crippen LogP contribution in [0.25, 0.3) is 0 Å². The molecule has 0 aliphatic carbocycles. The van der Waals surface area contributed by atoms with Crippen LogP contribution < -0.4 is 0 Å². The molecule has 1 nitrogen and oxygen atoms in total. The van der Waals surface area contributed by atoms with Gasteiger partial charge in [0.1, 0.15) is 0 Å². The molecule has 0 saturated heterocycles. The van der Waals surface area contributed by atoms with Gasteiger partial charge in [0.2, 0.25) is 0 Å². The fourth-order valence-electron chi connectivity index (χ4n) is 0. The summed E-state index contributed by atoms with van der Waals surface area (Å²) < 4.78 is 0. The van der Waals surface area contributed by atoms with E-state index in [0.717, 1.165) is 0 Å². The van der Waals surface area contributed by atoms with Crippen molar-refractivity contribution in [1.29, 1.82) is 0 Å². The number of aliphatic hydroxyl groups excluding tert-OH is 1. The Labute approximate surface area is 58.7 Å². The van der Waals surface area contributed by atoms with Gasteiger partial charge < -0.3 is 5.11 Å². The summed E-state index contributed by atoms with van der Waals surface area (Å²) in [7, 11) is 0. The summed E-state index contributed by atoms with van der Waals surface area (Å²) >= 11 is 0. The van der Waals surface area contributed by atoms with Crippen molar-refractivity contribution in [3.63, 3.8) is 0 Å². The third-order valence-corrected chi connectivity index (χ3v) is 0. The van der Waals surface area contributed by atoms with E-state index in [1.54, 1.807) is 19.9 Å². The minimum Gasteiger partial charge on any atom is -0.394 e. The SMILES string of the molecule is C=C.C=CC.CC(C)O. The second-order valence-electron chi connectivity index (χ2n) is 1.50. The van der Waals surface area contributed by atoms with Gasteiger partial charge in [-0.2, -0.15) is 0 Å². The third kappa shape index (κ3) is 702. The van der Waals surface area contributed by atoms with Gasteiger partial charge in [-0.05, 0) is 20.8 Å². The minimum absolute atomic E-state index is 0.167. The Kier molecular flexibility index (Phi) is 45.7. The first kappa shape index (κ1) is 15.8. The molecule has 0 unspecified atom stereocenters. The van der Waals surface area contributed by atoms with Gasteiger partial charge in [-0.1, -0.05) is 6.08 Å². The summed E-state index contributed by atoms with van der Waals surface area (Å²) in [5, 5.41) is 8.06. The zero-order valence-electron chi connectivity index (χ0n) is 6.72. The Morgan fingerprint density at radius 3 is 1.33 bits per heavy atom. The van der Waals surface area contributed by atoms with Crippen LogP contribution in [-0.2, 0) is 0 Å². The van der Waals surface area contributed by atoms with E-state index in [-0.39, 0.29) is 6.10 Å². The van der Waals surface area contributed by atoms with E-state index in [9.17, 15) is 0 Å². The molecule has 9 heavy (non-hydrogen) atoms. The van der Waals surface area contributed by atoms with Crippen LogP contribution in [0.15, 0.2) is 25.8 Å². The van der Waals surface area contributed by atoms with Crippen molar-refractivity contribution < 1.29 is 5.11 Å². The molecule has 0 rings (SSSR count). The summed E-state index contributed by atoms with van der Waals surface area (Å²) in [5.41, 5.74) is 0. The Morgan fingerprint density at radius 2 is 1.33 bits per heavy atom. The number of aliphatic hydroxyl groups is 1. The normalized spacial score (nSPS) is 5.89.